The second kappa shape index (κ2) is 7.19. The molecule has 4 aromatic rings. The molecule has 1 N–H and O–H groups in total. The van der Waals surface area contributed by atoms with Crippen LogP contribution < -0.4 is 5.32 Å². The van der Waals surface area contributed by atoms with Crippen LogP contribution in [0.3, 0.4) is 0 Å². The van der Waals surface area contributed by atoms with Gasteiger partial charge in [0, 0.05) is 16.6 Å². The Morgan fingerprint density at radius 2 is 1.68 bits per heavy atom. The number of amides is 1. The molecule has 0 unspecified atom stereocenters. The molecule has 0 saturated carbocycles. The van der Waals surface area contributed by atoms with Crippen molar-refractivity contribution in [1.29, 1.82) is 0 Å². The Kier molecular flexibility index (Phi) is 4.57. The number of benzene rings is 3. The summed E-state index contributed by atoms with van der Waals surface area (Å²) >= 11 is 0. The summed E-state index contributed by atoms with van der Waals surface area (Å²) in [6.07, 6.45) is 0. The summed E-state index contributed by atoms with van der Waals surface area (Å²) in [6, 6.07) is 19.7. The molecule has 0 radical (unpaired) electrons. The first-order valence-corrected chi connectivity index (χ1v) is 8.93. The number of carbonyl (C=O) groups is 1. The van der Waals surface area contributed by atoms with Crippen LogP contribution in [-0.4, -0.2) is 16.1 Å². The Labute approximate surface area is 162 Å². The second-order valence-corrected chi connectivity index (χ2v) is 6.72. The number of nitrogens with zero attached hydrogens (tertiary/aromatic N) is 2. The van der Waals surface area contributed by atoms with Gasteiger partial charge in [0.25, 0.3) is 5.91 Å². The fourth-order valence-corrected chi connectivity index (χ4v) is 3.06. The van der Waals surface area contributed by atoms with Crippen LogP contribution in [0.15, 0.2) is 66.7 Å². The monoisotopic (exact) mass is 371 g/mol. The molecule has 28 heavy (non-hydrogen) atoms. The lowest BCUT2D eigenvalue weighted by Gasteiger charge is -2.12. The van der Waals surface area contributed by atoms with Crippen molar-refractivity contribution in [1.82, 2.24) is 10.2 Å². The third-order valence-electron chi connectivity index (χ3n) is 4.65. The Hall–Kier alpha value is -3.60. The van der Waals surface area contributed by atoms with E-state index in [0.717, 1.165) is 11.1 Å². The van der Waals surface area contributed by atoms with Crippen molar-refractivity contribution in [3.05, 3.63) is 89.2 Å². The van der Waals surface area contributed by atoms with Crippen LogP contribution >= 0.6 is 0 Å². The number of nitrogens with one attached hydrogen (secondary N) is 1. The van der Waals surface area contributed by atoms with E-state index in [1.54, 1.807) is 19.1 Å². The van der Waals surface area contributed by atoms with Gasteiger partial charge in [-0.05, 0) is 37.6 Å². The van der Waals surface area contributed by atoms with Crippen molar-refractivity contribution >= 4 is 22.5 Å². The summed E-state index contributed by atoms with van der Waals surface area (Å²) in [5, 5.41) is 12.1. The number of fused-ring (bicyclic) bond motifs is 1. The van der Waals surface area contributed by atoms with Crippen molar-refractivity contribution in [3.8, 4) is 11.3 Å². The van der Waals surface area contributed by atoms with Crippen LogP contribution in [0.4, 0.5) is 10.1 Å². The van der Waals surface area contributed by atoms with Gasteiger partial charge in [0.15, 0.2) is 0 Å². The van der Waals surface area contributed by atoms with Gasteiger partial charge in [-0.3, -0.25) is 4.79 Å². The lowest BCUT2D eigenvalue weighted by Crippen LogP contribution is -2.15. The van der Waals surface area contributed by atoms with Gasteiger partial charge in [-0.15, -0.1) is 10.2 Å². The highest BCUT2D eigenvalue weighted by atomic mass is 19.1. The highest BCUT2D eigenvalue weighted by Crippen LogP contribution is 2.28. The fourth-order valence-electron chi connectivity index (χ4n) is 3.06. The average Bonchev–Trinajstić information content (AvgIpc) is 2.70. The van der Waals surface area contributed by atoms with Gasteiger partial charge in [-0.1, -0.05) is 54.1 Å². The van der Waals surface area contributed by atoms with E-state index in [1.807, 2.05) is 55.5 Å². The quantitative estimate of drug-likeness (QED) is 0.531. The smallest absolute Gasteiger partial charge is 0.258 e. The molecule has 4 rings (SSSR count). The van der Waals surface area contributed by atoms with Gasteiger partial charge in [0.2, 0.25) is 0 Å². The van der Waals surface area contributed by atoms with Crippen molar-refractivity contribution in [2.24, 2.45) is 0 Å². The van der Waals surface area contributed by atoms with E-state index in [1.165, 1.54) is 6.07 Å². The van der Waals surface area contributed by atoms with Gasteiger partial charge in [-0.25, -0.2) is 4.39 Å². The van der Waals surface area contributed by atoms with Gasteiger partial charge in [0.1, 0.15) is 11.5 Å². The van der Waals surface area contributed by atoms with Crippen LogP contribution in [0.5, 0.6) is 0 Å². The van der Waals surface area contributed by atoms with Crippen molar-refractivity contribution in [3.63, 3.8) is 0 Å². The minimum absolute atomic E-state index is 0.357. The third kappa shape index (κ3) is 3.34. The lowest BCUT2D eigenvalue weighted by atomic mass is 10.0. The van der Waals surface area contributed by atoms with E-state index >= 15 is 0 Å². The Balaban J connectivity index is 1.85. The highest BCUT2D eigenvalue weighted by molar-refractivity contribution is 6.15. The zero-order valence-electron chi connectivity index (χ0n) is 15.5. The van der Waals surface area contributed by atoms with Crippen LogP contribution in [0.1, 0.15) is 21.5 Å². The zero-order chi connectivity index (χ0) is 19.7. The second-order valence-electron chi connectivity index (χ2n) is 6.72. The summed E-state index contributed by atoms with van der Waals surface area (Å²) in [7, 11) is 0. The summed E-state index contributed by atoms with van der Waals surface area (Å²) in [4.78, 5) is 13.2. The van der Waals surface area contributed by atoms with Crippen molar-refractivity contribution in [2.45, 2.75) is 13.8 Å². The lowest BCUT2D eigenvalue weighted by molar-refractivity contribution is 0.102. The number of halogens is 1. The maximum atomic E-state index is 13.9. The molecule has 0 aliphatic rings. The Bertz CT molecular complexity index is 1190. The first kappa shape index (κ1) is 17.8. The van der Waals surface area contributed by atoms with Crippen LogP contribution in [0.2, 0.25) is 0 Å². The molecular weight excluding hydrogens is 353 g/mol. The standard InChI is InChI=1S/C23H18FN3O/c1-14-7-10-16(11-8-14)22-21(18-5-3-4-6-20(18)26-27-22)23(28)25-17-12-9-15(2)19(24)13-17/h3-13H,1-2H3,(H,25,28). The van der Waals surface area contributed by atoms with Gasteiger partial charge in [-0.2, -0.15) is 0 Å². The molecule has 1 amide bonds. The molecule has 5 heteroatoms. The molecule has 4 nitrogen and oxygen atoms in total. The molecule has 1 aromatic heterocycles. The van der Waals surface area contributed by atoms with Crippen molar-refractivity contribution in [2.75, 3.05) is 5.32 Å². The molecule has 0 spiro atoms. The summed E-state index contributed by atoms with van der Waals surface area (Å²) in [6.45, 7) is 3.67. The number of carbonyl (C=O) groups excluding carboxylic acids is 1. The summed E-state index contributed by atoms with van der Waals surface area (Å²) < 4.78 is 13.9. The molecular formula is C23H18FN3O. The molecule has 0 atom stereocenters. The molecule has 0 aliphatic carbocycles. The van der Waals surface area contributed by atoms with Gasteiger partial charge >= 0.3 is 0 Å². The maximum absolute atomic E-state index is 13.9. The molecule has 0 saturated heterocycles. The van der Waals surface area contributed by atoms with E-state index in [4.69, 9.17) is 0 Å². The van der Waals surface area contributed by atoms with Crippen LogP contribution in [-0.2, 0) is 0 Å². The number of anilines is 1. The van der Waals surface area contributed by atoms with E-state index in [0.29, 0.717) is 33.4 Å². The fraction of sp³-hybridized carbons (Fsp3) is 0.0870. The van der Waals surface area contributed by atoms with E-state index in [9.17, 15) is 9.18 Å². The molecule has 1 heterocycles. The average molecular weight is 371 g/mol. The van der Waals surface area contributed by atoms with E-state index in [2.05, 4.69) is 15.5 Å². The molecule has 138 valence electrons. The van der Waals surface area contributed by atoms with Crippen LogP contribution in [0.25, 0.3) is 22.2 Å². The van der Waals surface area contributed by atoms with Crippen molar-refractivity contribution < 1.29 is 9.18 Å². The predicted molar refractivity (Wildman–Crippen MR) is 109 cm³/mol. The van der Waals surface area contributed by atoms with Gasteiger partial charge in [0.05, 0.1) is 11.1 Å². The molecule has 3 aromatic carbocycles. The zero-order valence-corrected chi connectivity index (χ0v) is 15.5. The third-order valence-corrected chi connectivity index (χ3v) is 4.65. The number of aryl methyl sites for hydroxylation is 2. The Morgan fingerprint density at radius 3 is 2.43 bits per heavy atom. The molecule has 0 fully saturated rings. The maximum Gasteiger partial charge on any atom is 0.258 e. The van der Waals surface area contributed by atoms with E-state index in [-0.39, 0.29) is 11.7 Å². The first-order valence-electron chi connectivity index (χ1n) is 8.93. The Morgan fingerprint density at radius 1 is 0.929 bits per heavy atom. The highest BCUT2D eigenvalue weighted by Gasteiger charge is 2.19. The van der Waals surface area contributed by atoms with E-state index < -0.39 is 0 Å². The minimum Gasteiger partial charge on any atom is -0.322 e. The first-order chi connectivity index (χ1) is 13.5. The molecule has 0 aliphatic heterocycles. The van der Waals surface area contributed by atoms with Crippen LogP contribution in [0, 0.1) is 19.7 Å². The molecule has 0 bridgehead atoms. The SMILES string of the molecule is Cc1ccc(-c2nnc3ccccc3c2C(=O)Nc2ccc(C)c(F)c2)cc1. The largest absolute Gasteiger partial charge is 0.322 e. The predicted octanol–water partition coefficient (Wildman–Crippen LogP) is 5.31. The number of aromatic nitrogens is 2. The minimum atomic E-state index is -0.366. The number of hydrogen-bond acceptors (Lipinski definition) is 3. The summed E-state index contributed by atoms with van der Waals surface area (Å²) in [5.74, 6) is -0.723. The number of rotatable bonds is 3. The number of hydrogen-bond donors (Lipinski definition) is 1. The van der Waals surface area contributed by atoms with Gasteiger partial charge < -0.3 is 5.32 Å². The normalized spacial score (nSPS) is 10.8. The summed E-state index contributed by atoms with van der Waals surface area (Å²) in [5.41, 5.74) is 4.35. The topological polar surface area (TPSA) is 54.9 Å².